The highest BCUT2D eigenvalue weighted by molar-refractivity contribution is 5.40. The zero-order valence-electron chi connectivity index (χ0n) is 13.9. The first-order valence-corrected chi connectivity index (χ1v) is 8.53. The summed E-state index contributed by atoms with van der Waals surface area (Å²) in [5.41, 5.74) is 0.975. The van der Waals surface area contributed by atoms with Gasteiger partial charge in [-0.3, -0.25) is 0 Å². The molecule has 0 bridgehead atoms. The predicted molar refractivity (Wildman–Crippen MR) is 93.8 cm³/mol. The van der Waals surface area contributed by atoms with E-state index in [2.05, 4.69) is 25.4 Å². The first-order valence-electron chi connectivity index (χ1n) is 8.53. The number of hydrogen-bond donors (Lipinski definition) is 0. The van der Waals surface area contributed by atoms with Crippen LogP contribution in [0.2, 0.25) is 0 Å². The minimum Gasteiger partial charge on any atom is -0.477 e. The van der Waals surface area contributed by atoms with Crippen LogP contribution >= 0.6 is 0 Å². The number of benzene rings is 1. The summed E-state index contributed by atoms with van der Waals surface area (Å²) in [6.07, 6.45) is 3.85. The Morgan fingerprint density at radius 3 is 2.56 bits per heavy atom. The first-order chi connectivity index (χ1) is 12.4. The molecule has 0 radical (unpaired) electrons. The van der Waals surface area contributed by atoms with Crippen LogP contribution < -0.4 is 9.64 Å². The fraction of sp³-hybridized carbons (Fsp3) is 0.333. The van der Waals surface area contributed by atoms with Crippen LogP contribution in [0.3, 0.4) is 0 Å². The summed E-state index contributed by atoms with van der Waals surface area (Å²) in [4.78, 5) is 6.44. The van der Waals surface area contributed by atoms with E-state index in [0.29, 0.717) is 18.4 Å². The quantitative estimate of drug-likeness (QED) is 0.712. The second kappa shape index (κ2) is 7.29. The Labute approximate surface area is 146 Å². The maximum atomic E-state index is 5.79. The SMILES string of the molecule is c1ccc(-n2nnnc2N2CCC(COc3ccccn3)CC2)cc1. The van der Waals surface area contributed by atoms with Crippen LogP contribution in [0.25, 0.3) is 5.69 Å². The first kappa shape index (κ1) is 15.6. The van der Waals surface area contributed by atoms with Gasteiger partial charge < -0.3 is 9.64 Å². The monoisotopic (exact) mass is 336 g/mol. The van der Waals surface area contributed by atoms with Gasteiger partial charge in [0.25, 0.3) is 0 Å². The number of anilines is 1. The Morgan fingerprint density at radius 1 is 1.00 bits per heavy atom. The van der Waals surface area contributed by atoms with Crippen LogP contribution in [0.4, 0.5) is 5.95 Å². The molecule has 0 amide bonds. The molecule has 3 aromatic rings. The smallest absolute Gasteiger partial charge is 0.250 e. The highest BCUT2D eigenvalue weighted by atomic mass is 16.5. The van der Waals surface area contributed by atoms with Crippen molar-refractivity contribution in [1.82, 2.24) is 25.2 Å². The van der Waals surface area contributed by atoms with Crippen molar-refractivity contribution in [3.63, 3.8) is 0 Å². The number of pyridine rings is 1. The molecule has 1 fully saturated rings. The molecular weight excluding hydrogens is 316 g/mol. The van der Waals surface area contributed by atoms with E-state index in [1.54, 1.807) is 10.9 Å². The molecule has 0 spiro atoms. The second-order valence-electron chi connectivity index (χ2n) is 6.14. The van der Waals surface area contributed by atoms with Crippen molar-refractivity contribution in [3.05, 3.63) is 54.7 Å². The van der Waals surface area contributed by atoms with Gasteiger partial charge in [-0.1, -0.05) is 29.4 Å². The summed E-state index contributed by atoms with van der Waals surface area (Å²) in [7, 11) is 0. The van der Waals surface area contributed by atoms with Gasteiger partial charge in [0.2, 0.25) is 11.8 Å². The van der Waals surface area contributed by atoms with Crippen molar-refractivity contribution in [2.75, 3.05) is 24.6 Å². The number of para-hydroxylation sites is 1. The van der Waals surface area contributed by atoms with Crippen molar-refractivity contribution in [3.8, 4) is 11.6 Å². The van der Waals surface area contributed by atoms with Crippen LogP contribution in [0.15, 0.2) is 54.7 Å². The van der Waals surface area contributed by atoms with Crippen LogP contribution in [-0.4, -0.2) is 44.9 Å². The van der Waals surface area contributed by atoms with Gasteiger partial charge in [-0.2, -0.15) is 4.68 Å². The number of piperidine rings is 1. The normalized spacial score (nSPS) is 15.3. The standard InChI is InChI=1S/C18H20N6O/c1-2-6-16(7-3-1)24-18(20-21-22-24)23-12-9-15(10-13-23)14-25-17-8-4-5-11-19-17/h1-8,11,15H,9-10,12-14H2. The molecule has 0 N–H and O–H groups in total. The molecule has 4 rings (SSSR count). The number of nitrogens with zero attached hydrogens (tertiary/aromatic N) is 6. The number of ether oxygens (including phenoxy) is 1. The summed E-state index contributed by atoms with van der Waals surface area (Å²) in [6, 6.07) is 15.7. The van der Waals surface area contributed by atoms with Gasteiger partial charge in [-0.05, 0) is 47.4 Å². The van der Waals surface area contributed by atoms with Crippen molar-refractivity contribution in [1.29, 1.82) is 0 Å². The van der Waals surface area contributed by atoms with Gasteiger partial charge >= 0.3 is 0 Å². The maximum Gasteiger partial charge on any atom is 0.250 e. The molecule has 25 heavy (non-hydrogen) atoms. The third-order valence-corrected chi connectivity index (χ3v) is 4.46. The molecule has 1 aliphatic rings. The van der Waals surface area contributed by atoms with Gasteiger partial charge in [-0.15, -0.1) is 0 Å². The van der Waals surface area contributed by atoms with E-state index < -0.39 is 0 Å². The highest BCUT2D eigenvalue weighted by Gasteiger charge is 2.24. The van der Waals surface area contributed by atoms with Crippen LogP contribution in [-0.2, 0) is 0 Å². The molecule has 0 atom stereocenters. The fourth-order valence-corrected chi connectivity index (χ4v) is 3.05. The van der Waals surface area contributed by atoms with E-state index in [1.165, 1.54) is 0 Å². The van der Waals surface area contributed by atoms with Crippen molar-refractivity contribution in [2.45, 2.75) is 12.8 Å². The van der Waals surface area contributed by atoms with E-state index in [-0.39, 0.29) is 0 Å². The van der Waals surface area contributed by atoms with Crippen LogP contribution in [0.5, 0.6) is 5.88 Å². The Bertz CT molecular complexity index is 784. The zero-order chi connectivity index (χ0) is 16.9. The molecule has 0 saturated carbocycles. The number of rotatable bonds is 5. The number of hydrogen-bond acceptors (Lipinski definition) is 6. The molecule has 0 unspecified atom stereocenters. The number of aromatic nitrogens is 5. The van der Waals surface area contributed by atoms with E-state index in [1.807, 2.05) is 48.5 Å². The summed E-state index contributed by atoms with van der Waals surface area (Å²) in [5.74, 6) is 2.02. The van der Waals surface area contributed by atoms with Gasteiger partial charge in [0.05, 0.1) is 12.3 Å². The highest BCUT2D eigenvalue weighted by Crippen LogP contribution is 2.23. The Balaban J connectivity index is 1.36. The average molecular weight is 336 g/mol. The lowest BCUT2D eigenvalue weighted by Gasteiger charge is -2.31. The molecule has 7 heteroatoms. The molecule has 1 saturated heterocycles. The lowest BCUT2D eigenvalue weighted by Crippen LogP contribution is -2.37. The van der Waals surface area contributed by atoms with Crippen molar-refractivity contribution < 1.29 is 4.74 Å². The Hall–Kier alpha value is -2.96. The molecule has 2 aromatic heterocycles. The molecular formula is C18H20N6O. The third-order valence-electron chi connectivity index (χ3n) is 4.46. The summed E-state index contributed by atoms with van der Waals surface area (Å²) < 4.78 is 7.59. The van der Waals surface area contributed by atoms with Gasteiger partial charge in [0.15, 0.2) is 0 Å². The van der Waals surface area contributed by atoms with Gasteiger partial charge in [0, 0.05) is 25.4 Å². The number of tetrazole rings is 1. The predicted octanol–water partition coefficient (Wildman–Crippen LogP) is 2.35. The Kier molecular flexibility index (Phi) is 4.54. The molecule has 128 valence electrons. The largest absolute Gasteiger partial charge is 0.477 e. The second-order valence-corrected chi connectivity index (χ2v) is 6.14. The zero-order valence-corrected chi connectivity index (χ0v) is 13.9. The lowest BCUT2D eigenvalue weighted by molar-refractivity contribution is 0.215. The van der Waals surface area contributed by atoms with Gasteiger partial charge in [0.1, 0.15) is 0 Å². The molecule has 3 heterocycles. The summed E-state index contributed by atoms with van der Waals surface area (Å²) >= 11 is 0. The van der Waals surface area contributed by atoms with Crippen molar-refractivity contribution >= 4 is 5.95 Å². The van der Waals surface area contributed by atoms with Crippen LogP contribution in [0, 0.1) is 5.92 Å². The summed E-state index contributed by atoms with van der Waals surface area (Å²) in [5, 5.41) is 12.2. The van der Waals surface area contributed by atoms with E-state index >= 15 is 0 Å². The fourth-order valence-electron chi connectivity index (χ4n) is 3.05. The summed E-state index contributed by atoms with van der Waals surface area (Å²) in [6.45, 7) is 2.54. The lowest BCUT2D eigenvalue weighted by atomic mass is 9.98. The minimum atomic E-state index is 0.527. The minimum absolute atomic E-state index is 0.527. The molecule has 1 aromatic carbocycles. The average Bonchev–Trinajstić information content (AvgIpc) is 3.18. The van der Waals surface area contributed by atoms with E-state index in [4.69, 9.17) is 4.74 Å². The van der Waals surface area contributed by atoms with Gasteiger partial charge in [-0.25, -0.2) is 4.98 Å². The maximum absolute atomic E-state index is 5.79. The van der Waals surface area contributed by atoms with E-state index in [0.717, 1.165) is 37.6 Å². The van der Waals surface area contributed by atoms with E-state index in [9.17, 15) is 0 Å². The molecule has 1 aliphatic heterocycles. The third kappa shape index (κ3) is 3.60. The molecule has 7 nitrogen and oxygen atoms in total. The van der Waals surface area contributed by atoms with Crippen molar-refractivity contribution in [2.24, 2.45) is 5.92 Å². The molecule has 0 aliphatic carbocycles. The Morgan fingerprint density at radius 2 is 1.80 bits per heavy atom. The van der Waals surface area contributed by atoms with Crippen LogP contribution in [0.1, 0.15) is 12.8 Å². The topological polar surface area (TPSA) is 69.0 Å².